The number of morpholine rings is 1. The highest BCUT2D eigenvalue weighted by Crippen LogP contribution is 2.17. The number of nitrogens with one attached hydrogen (secondary N) is 1. The van der Waals surface area contributed by atoms with Crippen LogP contribution in [0.4, 0.5) is 0 Å². The van der Waals surface area contributed by atoms with E-state index in [1.54, 1.807) is 18.2 Å². The number of ketones is 1. The maximum absolute atomic E-state index is 13.1. The van der Waals surface area contributed by atoms with Gasteiger partial charge in [0.15, 0.2) is 5.78 Å². The average Bonchev–Trinajstić information content (AvgIpc) is 3.13. The third kappa shape index (κ3) is 4.34. The molecule has 1 fully saturated rings. The van der Waals surface area contributed by atoms with Crippen LogP contribution in [-0.2, 0) is 4.74 Å². The van der Waals surface area contributed by atoms with Gasteiger partial charge >= 0.3 is 0 Å². The lowest BCUT2D eigenvalue weighted by atomic mass is 10.1. The van der Waals surface area contributed by atoms with Crippen LogP contribution in [-0.4, -0.2) is 48.1 Å². The first-order valence-electron chi connectivity index (χ1n) is 8.37. The molecule has 3 rings (SSSR count). The minimum atomic E-state index is -0.703. The number of nitrogens with zero attached hydrogens (tertiary/aromatic N) is 1. The fourth-order valence-corrected chi connectivity index (χ4v) is 3.74. The van der Waals surface area contributed by atoms with Gasteiger partial charge < -0.3 is 10.1 Å². The Morgan fingerprint density at radius 3 is 2.40 bits per heavy atom. The molecule has 1 aliphatic heterocycles. The molecule has 0 radical (unpaired) electrons. The molecule has 132 valence electrons. The predicted octanol–water partition coefficient (Wildman–Crippen LogP) is 2.80. The number of carbonyl (C=O) groups is 2. The van der Waals surface area contributed by atoms with Gasteiger partial charge in [0.05, 0.1) is 17.1 Å². The van der Waals surface area contributed by atoms with Crippen LogP contribution in [0.2, 0.25) is 0 Å². The SMILES string of the molecule is C[C@@H]1CN([C@@H](NC(=O)c2cccs2)C(=O)c2ccccc2)C[C@@H](C)O1. The van der Waals surface area contributed by atoms with E-state index in [2.05, 4.69) is 5.32 Å². The largest absolute Gasteiger partial charge is 0.373 e. The van der Waals surface area contributed by atoms with Crippen molar-refractivity contribution in [2.24, 2.45) is 0 Å². The third-order valence-electron chi connectivity index (χ3n) is 4.13. The van der Waals surface area contributed by atoms with E-state index < -0.39 is 6.17 Å². The summed E-state index contributed by atoms with van der Waals surface area (Å²) in [6.07, 6.45) is -0.687. The molecule has 1 saturated heterocycles. The first-order chi connectivity index (χ1) is 12.0. The number of carbonyl (C=O) groups excluding carboxylic acids is 2. The molecule has 0 bridgehead atoms. The summed E-state index contributed by atoms with van der Waals surface area (Å²) in [5, 5.41) is 4.77. The minimum Gasteiger partial charge on any atom is -0.373 e. The van der Waals surface area contributed by atoms with Gasteiger partial charge in [0, 0.05) is 18.7 Å². The van der Waals surface area contributed by atoms with Crippen LogP contribution < -0.4 is 5.32 Å². The Morgan fingerprint density at radius 1 is 1.12 bits per heavy atom. The van der Waals surface area contributed by atoms with Crippen molar-refractivity contribution < 1.29 is 14.3 Å². The van der Waals surface area contributed by atoms with Gasteiger partial charge in [0.2, 0.25) is 0 Å². The molecule has 25 heavy (non-hydrogen) atoms. The average molecular weight is 358 g/mol. The molecule has 5 nitrogen and oxygen atoms in total. The van der Waals surface area contributed by atoms with Crippen molar-refractivity contribution in [3.8, 4) is 0 Å². The second kappa shape index (κ2) is 7.91. The normalized spacial score (nSPS) is 22.3. The Labute approximate surface area is 151 Å². The van der Waals surface area contributed by atoms with Crippen molar-refractivity contribution in [3.05, 3.63) is 58.3 Å². The third-order valence-corrected chi connectivity index (χ3v) is 5.00. The number of hydrogen-bond acceptors (Lipinski definition) is 5. The Morgan fingerprint density at radius 2 is 1.80 bits per heavy atom. The van der Waals surface area contributed by atoms with Crippen molar-refractivity contribution in [1.82, 2.24) is 10.2 Å². The first kappa shape index (κ1) is 17.8. The molecular weight excluding hydrogens is 336 g/mol. The van der Waals surface area contributed by atoms with Gasteiger partial charge in [-0.15, -0.1) is 11.3 Å². The lowest BCUT2D eigenvalue weighted by Gasteiger charge is -2.39. The van der Waals surface area contributed by atoms with Gasteiger partial charge in [-0.2, -0.15) is 0 Å². The van der Waals surface area contributed by atoms with E-state index in [4.69, 9.17) is 4.74 Å². The highest BCUT2D eigenvalue weighted by molar-refractivity contribution is 7.12. The Balaban J connectivity index is 1.85. The predicted molar refractivity (Wildman–Crippen MR) is 97.9 cm³/mol. The molecule has 0 spiro atoms. The van der Waals surface area contributed by atoms with Gasteiger partial charge in [-0.05, 0) is 25.3 Å². The summed E-state index contributed by atoms with van der Waals surface area (Å²) in [6, 6.07) is 12.7. The smallest absolute Gasteiger partial charge is 0.262 e. The highest BCUT2D eigenvalue weighted by atomic mass is 32.1. The standard InChI is InChI=1S/C19H22N2O3S/c1-13-11-21(12-14(2)24-13)18(17(22)15-7-4-3-5-8-15)20-19(23)16-9-6-10-25-16/h3-10,13-14,18H,11-12H2,1-2H3,(H,20,23)/t13-,14-,18-/m1/s1. The molecule has 1 aromatic carbocycles. The molecule has 0 saturated carbocycles. The zero-order valence-corrected chi connectivity index (χ0v) is 15.2. The van der Waals surface area contributed by atoms with E-state index >= 15 is 0 Å². The van der Waals surface area contributed by atoms with Crippen molar-refractivity contribution in [2.45, 2.75) is 32.2 Å². The molecular formula is C19H22N2O3S. The topological polar surface area (TPSA) is 58.6 Å². The van der Waals surface area contributed by atoms with Crippen LogP contribution in [0, 0.1) is 0 Å². The van der Waals surface area contributed by atoms with Crippen LogP contribution in [0.15, 0.2) is 47.8 Å². The monoisotopic (exact) mass is 358 g/mol. The molecule has 3 atom stereocenters. The number of Topliss-reactive ketones (excluding diaryl/α,β-unsaturated/α-hetero) is 1. The van der Waals surface area contributed by atoms with E-state index in [1.165, 1.54) is 11.3 Å². The van der Waals surface area contributed by atoms with Crippen LogP contribution in [0.25, 0.3) is 0 Å². The fraction of sp³-hybridized carbons (Fsp3) is 0.368. The van der Waals surface area contributed by atoms with E-state index in [-0.39, 0.29) is 23.9 Å². The van der Waals surface area contributed by atoms with Crippen molar-refractivity contribution in [2.75, 3.05) is 13.1 Å². The Kier molecular flexibility index (Phi) is 5.63. The van der Waals surface area contributed by atoms with Crippen LogP contribution in [0.5, 0.6) is 0 Å². The quantitative estimate of drug-likeness (QED) is 0.835. The number of rotatable bonds is 5. The number of benzene rings is 1. The van der Waals surface area contributed by atoms with Gasteiger partial charge in [-0.25, -0.2) is 0 Å². The molecule has 1 aliphatic rings. The molecule has 1 N–H and O–H groups in total. The summed E-state index contributed by atoms with van der Waals surface area (Å²) >= 11 is 1.36. The van der Waals surface area contributed by atoms with E-state index in [1.807, 2.05) is 48.4 Å². The summed E-state index contributed by atoms with van der Waals surface area (Å²) in [5.41, 5.74) is 0.589. The van der Waals surface area contributed by atoms with E-state index in [9.17, 15) is 9.59 Å². The number of ether oxygens (including phenoxy) is 1. The summed E-state index contributed by atoms with van der Waals surface area (Å²) in [6.45, 7) is 5.15. The number of amides is 1. The molecule has 6 heteroatoms. The first-order valence-corrected chi connectivity index (χ1v) is 9.25. The summed E-state index contributed by atoms with van der Waals surface area (Å²) in [4.78, 5) is 28.2. The zero-order valence-electron chi connectivity index (χ0n) is 14.3. The lowest BCUT2D eigenvalue weighted by Crippen LogP contribution is -2.59. The second-order valence-corrected chi connectivity index (χ2v) is 7.24. The maximum atomic E-state index is 13.1. The fourth-order valence-electron chi connectivity index (χ4n) is 3.11. The minimum absolute atomic E-state index is 0.00784. The maximum Gasteiger partial charge on any atom is 0.262 e. The van der Waals surface area contributed by atoms with Crippen molar-refractivity contribution >= 4 is 23.0 Å². The highest BCUT2D eigenvalue weighted by Gasteiger charge is 2.34. The van der Waals surface area contributed by atoms with E-state index in [0.717, 1.165) is 0 Å². The van der Waals surface area contributed by atoms with E-state index in [0.29, 0.717) is 23.5 Å². The van der Waals surface area contributed by atoms with Gasteiger partial charge in [-0.1, -0.05) is 36.4 Å². The Bertz CT molecular complexity index is 708. The number of thiophene rings is 1. The number of hydrogen-bond donors (Lipinski definition) is 1. The van der Waals surface area contributed by atoms with Crippen molar-refractivity contribution in [1.29, 1.82) is 0 Å². The molecule has 0 aliphatic carbocycles. The molecule has 1 amide bonds. The zero-order chi connectivity index (χ0) is 17.8. The van der Waals surface area contributed by atoms with Gasteiger partial charge in [-0.3, -0.25) is 14.5 Å². The Hall–Kier alpha value is -2.02. The lowest BCUT2D eigenvalue weighted by molar-refractivity contribution is -0.0785. The summed E-state index contributed by atoms with van der Waals surface area (Å²) in [5.74, 6) is -0.331. The van der Waals surface area contributed by atoms with Gasteiger partial charge in [0.1, 0.15) is 6.17 Å². The summed E-state index contributed by atoms with van der Waals surface area (Å²) < 4.78 is 5.77. The molecule has 0 unspecified atom stereocenters. The van der Waals surface area contributed by atoms with Crippen LogP contribution in [0.3, 0.4) is 0 Å². The second-order valence-electron chi connectivity index (χ2n) is 6.29. The van der Waals surface area contributed by atoms with Crippen LogP contribution in [0.1, 0.15) is 33.9 Å². The molecule has 2 heterocycles. The summed E-state index contributed by atoms with van der Waals surface area (Å²) in [7, 11) is 0. The molecule has 2 aromatic rings. The van der Waals surface area contributed by atoms with Gasteiger partial charge in [0.25, 0.3) is 5.91 Å². The van der Waals surface area contributed by atoms with Crippen LogP contribution >= 0.6 is 11.3 Å². The van der Waals surface area contributed by atoms with Crippen molar-refractivity contribution in [3.63, 3.8) is 0 Å². The molecule has 1 aromatic heterocycles.